The molecule has 0 atom stereocenters. The van der Waals surface area contributed by atoms with Crippen molar-refractivity contribution in [2.45, 2.75) is 6.54 Å². The zero-order chi connectivity index (χ0) is 9.14. The van der Waals surface area contributed by atoms with Gasteiger partial charge in [-0.05, 0) is 12.1 Å². The molecule has 2 nitrogen and oxygen atoms in total. The van der Waals surface area contributed by atoms with Crippen LogP contribution < -0.4 is 5.73 Å². The van der Waals surface area contributed by atoms with Gasteiger partial charge in [-0.25, -0.2) is 4.39 Å². The summed E-state index contributed by atoms with van der Waals surface area (Å²) in [6, 6.07) is 4.35. The van der Waals surface area contributed by atoms with Gasteiger partial charge in [-0.3, -0.25) is 0 Å². The maximum absolute atomic E-state index is 12.9. The Bertz CT molecular complexity index is 344. The molecule has 0 unspecified atom stereocenters. The molecule has 0 aliphatic carbocycles. The van der Waals surface area contributed by atoms with Crippen molar-refractivity contribution in [1.82, 2.24) is 0 Å². The SMILES string of the molecule is N#Cc1c(Cl)ccc(F)c1CN. The maximum atomic E-state index is 12.9. The number of rotatable bonds is 1. The summed E-state index contributed by atoms with van der Waals surface area (Å²) in [7, 11) is 0. The van der Waals surface area contributed by atoms with Gasteiger partial charge in [0.15, 0.2) is 0 Å². The predicted molar refractivity (Wildman–Crippen MR) is 44.0 cm³/mol. The molecular weight excluding hydrogens is 179 g/mol. The Balaban J connectivity index is 3.41. The second kappa shape index (κ2) is 3.53. The molecule has 4 heteroatoms. The highest BCUT2D eigenvalue weighted by molar-refractivity contribution is 6.31. The third-order valence-corrected chi connectivity index (χ3v) is 1.84. The molecule has 12 heavy (non-hydrogen) atoms. The lowest BCUT2D eigenvalue weighted by Gasteiger charge is -2.02. The van der Waals surface area contributed by atoms with Gasteiger partial charge in [0.2, 0.25) is 0 Å². The van der Waals surface area contributed by atoms with Gasteiger partial charge in [-0.15, -0.1) is 0 Å². The minimum Gasteiger partial charge on any atom is -0.326 e. The normalized spacial score (nSPS) is 9.50. The number of hydrogen-bond acceptors (Lipinski definition) is 2. The molecule has 0 heterocycles. The molecule has 1 rings (SSSR count). The topological polar surface area (TPSA) is 49.8 Å². The molecule has 0 spiro atoms. The van der Waals surface area contributed by atoms with Gasteiger partial charge in [-0.1, -0.05) is 11.6 Å². The first-order valence-electron chi connectivity index (χ1n) is 3.27. The van der Waals surface area contributed by atoms with E-state index in [-0.39, 0.29) is 22.7 Å². The minimum atomic E-state index is -0.488. The molecule has 0 aliphatic heterocycles. The average molecular weight is 185 g/mol. The average Bonchev–Trinajstić information content (AvgIpc) is 2.08. The van der Waals surface area contributed by atoms with E-state index in [9.17, 15) is 4.39 Å². The minimum absolute atomic E-state index is 0.0186. The van der Waals surface area contributed by atoms with Crippen LogP contribution in [0.1, 0.15) is 11.1 Å². The predicted octanol–water partition coefficient (Wildman–Crippen LogP) is 1.81. The van der Waals surface area contributed by atoms with Crippen LogP contribution in [0, 0.1) is 17.1 Å². The Labute approximate surface area is 74.4 Å². The third kappa shape index (κ3) is 1.40. The first-order chi connectivity index (χ1) is 5.70. The van der Waals surface area contributed by atoms with E-state index in [2.05, 4.69) is 0 Å². The van der Waals surface area contributed by atoms with E-state index < -0.39 is 5.82 Å². The summed E-state index contributed by atoms with van der Waals surface area (Å²) in [4.78, 5) is 0. The van der Waals surface area contributed by atoms with Crippen molar-refractivity contribution in [3.63, 3.8) is 0 Å². The van der Waals surface area contributed by atoms with Crippen molar-refractivity contribution in [1.29, 1.82) is 5.26 Å². The third-order valence-electron chi connectivity index (χ3n) is 1.52. The van der Waals surface area contributed by atoms with Crippen molar-refractivity contribution < 1.29 is 4.39 Å². The zero-order valence-electron chi connectivity index (χ0n) is 6.14. The quantitative estimate of drug-likeness (QED) is 0.724. The van der Waals surface area contributed by atoms with Crippen LogP contribution in [0.2, 0.25) is 5.02 Å². The van der Waals surface area contributed by atoms with Gasteiger partial charge in [0.05, 0.1) is 10.6 Å². The van der Waals surface area contributed by atoms with Crippen LogP contribution in [0.4, 0.5) is 4.39 Å². The van der Waals surface area contributed by atoms with Crippen LogP contribution in [0.25, 0.3) is 0 Å². The molecule has 0 saturated heterocycles. The van der Waals surface area contributed by atoms with Crippen LogP contribution in [0.3, 0.4) is 0 Å². The summed E-state index contributed by atoms with van der Waals surface area (Å²) in [5.74, 6) is -0.488. The number of nitrogens with two attached hydrogens (primary N) is 1. The summed E-state index contributed by atoms with van der Waals surface area (Å²) < 4.78 is 12.9. The molecule has 62 valence electrons. The molecule has 0 aliphatic rings. The molecule has 0 bridgehead atoms. The fourth-order valence-corrected chi connectivity index (χ4v) is 1.13. The lowest BCUT2D eigenvalue weighted by Crippen LogP contribution is -2.03. The molecule has 0 radical (unpaired) electrons. The maximum Gasteiger partial charge on any atom is 0.129 e. The number of hydrogen-bond donors (Lipinski definition) is 1. The number of nitrogens with zero attached hydrogens (tertiary/aromatic N) is 1. The second-order valence-corrected chi connectivity index (χ2v) is 2.61. The molecule has 0 aromatic heterocycles. The molecule has 1 aromatic carbocycles. The van der Waals surface area contributed by atoms with E-state index in [1.165, 1.54) is 12.1 Å². The molecule has 0 amide bonds. The Hall–Kier alpha value is -1.11. The standard InChI is InChI=1S/C8H6ClFN2/c9-7-1-2-8(10)6(4-12)5(7)3-11/h1-2H,4,12H2. The van der Waals surface area contributed by atoms with Crippen LogP contribution in [0.15, 0.2) is 12.1 Å². The highest BCUT2D eigenvalue weighted by Gasteiger charge is 2.09. The highest BCUT2D eigenvalue weighted by Crippen LogP contribution is 2.21. The van der Waals surface area contributed by atoms with E-state index in [4.69, 9.17) is 22.6 Å². The van der Waals surface area contributed by atoms with Gasteiger partial charge < -0.3 is 5.73 Å². The summed E-state index contributed by atoms with van der Waals surface area (Å²) in [6.45, 7) is -0.0186. The molecular formula is C8H6ClFN2. The number of benzene rings is 1. The van der Waals surface area contributed by atoms with E-state index >= 15 is 0 Å². The Morgan fingerprint density at radius 3 is 2.67 bits per heavy atom. The van der Waals surface area contributed by atoms with Crippen molar-refractivity contribution in [3.8, 4) is 6.07 Å². The van der Waals surface area contributed by atoms with Crippen LogP contribution in [0.5, 0.6) is 0 Å². The fourth-order valence-electron chi connectivity index (χ4n) is 0.914. The molecule has 0 saturated carbocycles. The van der Waals surface area contributed by atoms with Crippen molar-refractivity contribution in [2.75, 3.05) is 0 Å². The van der Waals surface area contributed by atoms with Crippen molar-refractivity contribution in [3.05, 3.63) is 34.1 Å². The highest BCUT2D eigenvalue weighted by atomic mass is 35.5. The summed E-state index contributed by atoms with van der Waals surface area (Å²) in [6.07, 6.45) is 0. The zero-order valence-corrected chi connectivity index (χ0v) is 6.90. The molecule has 0 fully saturated rings. The number of halogens is 2. The van der Waals surface area contributed by atoms with Gasteiger partial charge in [0.25, 0.3) is 0 Å². The Morgan fingerprint density at radius 2 is 2.25 bits per heavy atom. The lowest BCUT2D eigenvalue weighted by atomic mass is 10.1. The molecule has 1 aromatic rings. The smallest absolute Gasteiger partial charge is 0.129 e. The Kier molecular flexibility index (Phi) is 2.64. The first kappa shape index (κ1) is 8.98. The van der Waals surface area contributed by atoms with Gasteiger partial charge in [-0.2, -0.15) is 5.26 Å². The van der Waals surface area contributed by atoms with E-state index in [0.29, 0.717) is 0 Å². The van der Waals surface area contributed by atoms with E-state index in [0.717, 1.165) is 0 Å². The van der Waals surface area contributed by atoms with Gasteiger partial charge in [0.1, 0.15) is 11.9 Å². The lowest BCUT2D eigenvalue weighted by molar-refractivity contribution is 0.610. The Morgan fingerprint density at radius 1 is 1.58 bits per heavy atom. The number of nitriles is 1. The molecule has 2 N–H and O–H groups in total. The summed E-state index contributed by atoms with van der Waals surface area (Å²) >= 11 is 5.64. The monoisotopic (exact) mass is 184 g/mol. The van der Waals surface area contributed by atoms with Crippen LogP contribution in [-0.2, 0) is 6.54 Å². The van der Waals surface area contributed by atoms with Crippen molar-refractivity contribution >= 4 is 11.6 Å². The van der Waals surface area contributed by atoms with Crippen molar-refractivity contribution in [2.24, 2.45) is 5.73 Å². The summed E-state index contributed by atoms with van der Waals surface area (Å²) in [5.41, 5.74) is 5.54. The van der Waals surface area contributed by atoms with Crippen LogP contribution in [-0.4, -0.2) is 0 Å². The largest absolute Gasteiger partial charge is 0.326 e. The van der Waals surface area contributed by atoms with E-state index in [1.54, 1.807) is 6.07 Å². The van der Waals surface area contributed by atoms with Gasteiger partial charge in [0, 0.05) is 12.1 Å². The first-order valence-corrected chi connectivity index (χ1v) is 3.65. The second-order valence-electron chi connectivity index (χ2n) is 2.20. The van der Waals surface area contributed by atoms with Gasteiger partial charge >= 0.3 is 0 Å². The summed E-state index contributed by atoms with van der Waals surface area (Å²) in [5, 5.41) is 8.83. The fraction of sp³-hybridized carbons (Fsp3) is 0.125. The van der Waals surface area contributed by atoms with Crippen LogP contribution >= 0.6 is 11.6 Å². The van der Waals surface area contributed by atoms with E-state index in [1.807, 2.05) is 0 Å².